The molecule has 0 aliphatic carbocycles. The van der Waals surface area contributed by atoms with Crippen LogP contribution in [-0.2, 0) is 14.3 Å². The van der Waals surface area contributed by atoms with Gasteiger partial charge >= 0.3 is 5.97 Å². The lowest BCUT2D eigenvalue weighted by Gasteiger charge is -2.16. The Morgan fingerprint density at radius 2 is 2.00 bits per heavy atom. The van der Waals surface area contributed by atoms with E-state index in [0.717, 1.165) is 11.3 Å². The average molecular weight is 352 g/mol. The predicted octanol–water partition coefficient (Wildman–Crippen LogP) is 2.89. The largest absolute Gasteiger partial charge is 0.448 e. The van der Waals surface area contributed by atoms with Crippen LogP contribution in [0.4, 0.5) is 5.00 Å². The first-order chi connectivity index (χ1) is 11.1. The molecule has 0 aromatic carbocycles. The lowest BCUT2D eigenvalue weighted by atomic mass is 9.96. The third-order valence-electron chi connectivity index (χ3n) is 3.09. The van der Waals surface area contributed by atoms with Gasteiger partial charge in [0.25, 0.3) is 5.91 Å². The first-order valence-electron chi connectivity index (χ1n) is 7.57. The molecule has 7 heteroatoms. The molecule has 0 fully saturated rings. The van der Waals surface area contributed by atoms with Crippen LogP contribution in [0.3, 0.4) is 0 Å². The van der Waals surface area contributed by atoms with Crippen molar-refractivity contribution in [1.82, 2.24) is 5.32 Å². The lowest BCUT2D eigenvalue weighted by molar-refractivity contribution is -0.128. The second-order valence-corrected chi connectivity index (χ2v) is 7.46. The topological polar surface area (TPSA) is 84.5 Å². The van der Waals surface area contributed by atoms with Gasteiger partial charge < -0.3 is 15.4 Å². The van der Waals surface area contributed by atoms with E-state index in [1.807, 2.05) is 20.8 Å². The number of anilines is 1. The maximum Gasteiger partial charge on any atom is 0.349 e. The first-order valence-corrected chi connectivity index (χ1v) is 8.39. The van der Waals surface area contributed by atoms with E-state index >= 15 is 0 Å². The maximum absolute atomic E-state index is 12.2. The van der Waals surface area contributed by atoms with Gasteiger partial charge in [-0.1, -0.05) is 26.8 Å². The minimum absolute atomic E-state index is 0.138. The Labute approximate surface area is 146 Å². The summed E-state index contributed by atoms with van der Waals surface area (Å²) >= 11 is 1.13. The smallest absolute Gasteiger partial charge is 0.349 e. The SMILES string of the molecule is C=CCNC(=O)C(C)OC(=O)c1sc(NC(=O)C(C)(C)C)cc1C. The van der Waals surface area contributed by atoms with Crippen molar-refractivity contribution in [1.29, 1.82) is 0 Å². The molecule has 0 spiro atoms. The summed E-state index contributed by atoms with van der Waals surface area (Å²) in [6.45, 7) is 12.5. The van der Waals surface area contributed by atoms with E-state index in [1.54, 1.807) is 19.1 Å². The van der Waals surface area contributed by atoms with Gasteiger partial charge in [0.15, 0.2) is 6.10 Å². The van der Waals surface area contributed by atoms with E-state index in [-0.39, 0.29) is 5.91 Å². The molecule has 1 rings (SSSR count). The van der Waals surface area contributed by atoms with E-state index in [1.165, 1.54) is 6.92 Å². The van der Waals surface area contributed by atoms with E-state index in [9.17, 15) is 14.4 Å². The summed E-state index contributed by atoms with van der Waals surface area (Å²) in [5, 5.41) is 5.92. The molecule has 0 saturated heterocycles. The zero-order chi connectivity index (χ0) is 18.5. The van der Waals surface area contributed by atoms with Crippen molar-refractivity contribution in [3.8, 4) is 0 Å². The zero-order valence-electron chi connectivity index (χ0n) is 14.7. The Kier molecular flexibility index (Phi) is 6.71. The van der Waals surface area contributed by atoms with Crippen molar-refractivity contribution in [2.24, 2.45) is 5.41 Å². The fraction of sp³-hybridized carbons (Fsp3) is 0.471. The number of esters is 1. The highest BCUT2D eigenvalue weighted by Gasteiger charge is 2.24. The Morgan fingerprint density at radius 1 is 1.38 bits per heavy atom. The van der Waals surface area contributed by atoms with Crippen molar-refractivity contribution in [3.05, 3.63) is 29.2 Å². The van der Waals surface area contributed by atoms with Crippen molar-refractivity contribution in [2.75, 3.05) is 11.9 Å². The number of hydrogen-bond donors (Lipinski definition) is 2. The molecule has 0 aliphatic rings. The number of aryl methyl sites for hydroxylation is 1. The summed E-state index contributed by atoms with van der Waals surface area (Å²) < 4.78 is 5.17. The third-order valence-corrected chi connectivity index (χ3v) is 4.23. The quantitative estimate of drug-likeness (QED) is 0.609. The fourth-order valence-electron chi connectivity index (χ4n) is 1.63. The van der Waals surface area contributed by atoms with Crippen LogP contribution in [0.25, 0.3) is 0 Å². The number of carbonyl (C=O) groups excluding carboxylic acids is 3. The summed E-state index contributed by atoms with van der Waals surface area (Å²) in [7, 11) is 0. The first kappa shape index (κ1) is 19.9. The molecule has 132 valence electrons. The van der Waals surface area contributed by atoms with Gasteiger partial charge in [-0.05, 0) is 25.5 Å². The molecule has 1 heterocycles. The number of rotatable bonds is 6. The van der Waals surface area contributed by atoms with Crippen LogP contribution in [0.1, 0.15) is 42.9 Å². The minimum atomic E-state index is -0.911. The molecule has 0 saturated carbocycles. The maximum atomic E-state index is 12.2. The number of carbonyl (C=O) groups is 3. The van der Waals surface area contributed by atoms with Gasteiger partial charge in [-0.15, -0.1) is 17.9 Å². The van der Waals surface area contributed by atoms with E-state index < -0.39 is 23.4 Å². The van der Waals surface area contributed by atoms with Crippen LogP contribution in [0.2, 0.25) is 0 Å². The molecule has 6 nitrogen and oxygen atoms in total. The molecule has 0 bridgehead atoms. The Morgan fingerprint density at radius 3 is 2.54 bits per heavy atom. The summed E-state index contributed by atoms with van der Waals surface area (Å²) in [6, 6.07) is 1.72. The number of amides is 2. The van der Waals surface area contributed by atoms with Crippen LogP contribution in [-0.4, -0.2) is 30.4 Å². The molecular formula is C17H24N2O4S. The molecule has 2 N–H and O–H groups in total. The lowest BCUT2D eigenvalue weighted by Crippen LogP contribution is -2.35. The Balaban J connectivity index is 2.77. The molecule has 0 radical (unpaired) electrons. The Bertz CT molecular complexity index is 644. The van der Waals surface area contributed by atoms with Crippen molar-refractivity contribution in [3.63, 3.8) is 0 Å². The highest BCUT2D eigenvalue weighted by Crippen LogP contribution is 2.29. The van der Waals surface area contributed by atoms with Crippen LogP contribution < -0.4 is 10.6 Å². The van der Waals surface area contributed by atoms with Gasteiger partial charge in [-0.2, -0.15) is 0 Å². The van der Waals surface area contributed by atoms with Gasteiger partial charge in [-0.25, -0.2) is 4.79 Å². The molecular weight excluding hydrogens is 328 g/mol. The monoisotopic (exact) mass is 352 g/mol. The zero-order valence-corrected chi connectivity index (χ0v) is 15.5. The van der Waals surface area contributed by atoms with E-state index in [4.69, 9.17) is 4.74 Å². The predicted molar refractivity (Wildman–Crippen MR) is 95.2 cm³/mol. The van der Waals surface area contributed by atoms with E-state index in [0.29, 0.717) is 22.0 Å². The molecule has 1 aromatic rings. The molecule has 2 amide bonds. The van der Waals surface area contributed by atoms with Crippen LogP contribution in [0.15, 0.2) is 18.7 Å². The van der Waals surface area contributed by atoms with Crippen molar-refractivity contribution in [2.45, 2.75) is 40.7 Å². The van der Waals surface area contributed by atoms with Gasteiger partial charge in [0, 0.05) is 12.0 Å². The van der Waals surface area contributed by atoms with E-state index in [2.05, 4.69) is 17.2 Å². The summed E-state index contributed by atoms with van der Waals surface area (Å²) in [6.07, 6.45) is 0.631. The summed E-state index contributed by atoms with van der Waals surface area (Å²) in [4.78, 5) is 36.3. The highest BCUT2D eigenvalue weighted by molar-refractivity contribution is 7.18. The second-order valence-electron chi connectivity index (χ2n) is 6.41. The third kappa shape index (κ3) is 5.49. The van der Waals surface area contributed by atoms with Gasteiger partial charge in [-0.3, -0.25) is 9.59 Å². The highest BCUT2D eigenvalue weighted by atomic mass is 32.1. The average Bonchev–Trinajstić information content (AvgIpc) is 2.84. The standard InChI is InChI=1S/C17H24N2O4S/c1-7-8-18-14(20)11(3)23-15(21)13-10(2)9-12(24-13)19-16(22)17(4,5)6/h7,9,11H,1,8H2,2-6H3,(H,18,20)(H,19,22). The van der Waals surface area contributed by atoms with Gasteiger partial charge in [0.1, 0.15) is 4.88 Å². The number of hydrogen-bond acceptors (Lipinski definition) is 5. The molecule has 1 unspecified atom stereocenters. The summed E-state index contributed by atoms with van der Waals surface area (Å²) in [5.74, 6) is -1.12. The second kappa shape index (κ2) is 8.10. The van der Waals surface area contributed by atoms with Crippen molar-refractivity contribution >= 4 is 34.1 Å². The van der Waals surface area contributed by atoms with Crippen LogP contribution in [0, 0.1) is 12.3 Å². The molecule has 1 atom stereocenters. The number of nitrogens with one attached hydrogen (secondary N) is 2. The van der Waals surface area contributed by atoms with Crippen LogP contribution in [0.5, 0.6) is 0 Å². The summed E-state index contributed by atoms with van der Waals surface area (Å²) in [5.41, 5.74) is 0.156. The molecule has 1 aromatic heterocycles. The van der Waals surface area contributed by atoms with Crippen LogP contribution >= 0.6 is 11.3 Å². The Hall–Kier alpha value is -2.15. The van der Waals surface area contributed by atoms with Gasteiger partial charge in [0.2, 0.25) is 5.91 Å². The normalized spacial score (nSPS) is 12.2. The number of ether oxygens (including phenoxy) is 1. The van der Waals surface area contributed by atoms with Gasteiger partial charge in [0.05, 0.1) is 5.00 Å². The minimum Gasteiger partial charge on any atom is -0.448 e. The van der Waals surface area contributed by atoms with Crippen molar-refractivity contribution < 1.29 is 19.1 Å². The molecule has 0 aliphatic heterocycles. The fourth-order valence-corrected chi connectivity index (χ4v) is 2.58. The number of thiophene rings is 1. The molecule has 24 heavy (non-hydrogen) atoms.